The lowest BCUT2D eigenvalue weighted by atomic mass is 10.3. The van der Waals surface area contributed by atoms with E-state index in [2.05, 4.69) is 15.4 Å². The van der Waals surface area contributed by atoms with Crippen molar-refractivity contribution in [3.8, 4) is 0 Å². The first-order valence-electron chi connectivity index (χ1n) is 8.17. The fourth-order valence-corrected chi connectivity index (χ4v) is 3.00. The SMILES string of the molecule is Cc1nn(C)c(C)c1NC(=O)Cn1c(=O)n(C(C)C)c2ncccc21. The number of nitrogens with zero attached hydrogens (tertiary/aromatic N) is 5. The minimum atomic E-state index is -0.270. The van der Waals surface area contributed by atoms with Gasteiger partial charge < -0.3 is 5.32 Å². The molecule has 0 aliphatic heterocycles. The number of anilines is 1. The topological polar surface area (TPSA) is 86.7 Å². The first-order valence-corrected chi connectivity index (χ1v) is 8.17. The van der Waals surface area contributed by atoms with Crippen LogP contribution in [-0.2, 0) is 18.4 Å². The standard InChI is InChI=1S/C17H22N6O2/c1-10(2)23-16-13(7-6-8-18-16)22(17(23)25)9-14(24)19-15-11(3)20-21(5)12(15)4/h6-8,10H,9H2,1-5H3,(H,19,24). The second-order valence-corrected chi connectivity index (χ2v) is 6.40. The molecule has 0 aliphatic carbocycles. The molecule has 3 aromatic rings. The molecule has 3 heterocycles. The quantitative estimate of drug-likeness (QED) is 0.783. The number of amides is 1. The molecule has 0 atom stereocenters. The Kier molecular flexibility index (Phi) is 4.20. The molecule has 0 spiro atoms. The maximum Gasteiger partial charge on any atom is 0.331 e. The van der Waals surface area contributed by atoms with Crippen LogP contribution in [0.5, 0.6) is 0 Å². The van der Waals surface area contributed by atoms with Gasteiger partial charge in [0, 0.05) is 19.3 Å². The summed E-state index contributed by atoms with van der Waals surface area (Å²) in [5, 5.41) is 7.15. The molecule has 0 saturated heterocycles. The van der Waals surface area contributed by atoms with Crippen LogP contribution in [0.2, 0.25) is 0 Å². The molecule has 3 rings (SSSR count). The second kappa shape index (κ2) is 6.19. The number of fused-ring (bicyclic) bond motifs is 1. The van der Waals surface area contributed by atoms with Crippen LogP contribution in [-0.4, -0.2) is 29.8 Å². The molecular formula is C17H22N6O2. The molecule has 1 amide bonds. The van der Waals surface area contributed by atoms with Gasteiger partial charge in [-0.2, -0.15) is 5.10 Å². The van der Waals surface area contributed by atoms with Gasteiger partial charge in [-0.05, 0) is 39.8 Å². The van der Waals surface area contributed by atoms with Crippen LogP contribution >= 0.6 is 0 Å². The summed E-state index contributed by atoms with van der Waals surface area (Å²) in [5.74, 6) is -0.270. The average molecular weight is 342 g/mol. The van der Waals surface area contributed by atoms with Crippen molar-refractivity contribution in [1.82, 2.24) is 23.9 Å². The van der Waals surface area contributed by atoms with Gasteiger partial charge >= 0.3 is 5.69 Å². The number of aryl methyl sites for hydroxylation is 2. The summed E-state index contributed by atoms with van der Waals surface area (Å²) in [4.78, 5) is 29.6. The molecule has 0 aliphatic rings. The van der Waals surface area contributed by atoms with E-state index in [0.717, 1.165) is 11.4 Å². The van der Waals surface area contributed by atoms with Crippen molar-refractivity contribution in [3.63, 3.8) is 0 Å². The van der Waals surface area contributed by atoms with Gasteiger partial charge in [-0.25, -0.2) is 9.78 Å². The largest absolute Gasteiger partial charge is 0.331 e. The first-order chi connectivity index (χ1) is 11.8. The van der Waals surface area contributed by atoms with Crippen LogP contribution in [0.15, 0.2) is 23.1 Å². The summed E-state index contributed by atoms with van der Waals surface area (Å²) in [6.07, 6.45) is 1.65. The van der Waals surface area contributed by atoms with Crippen LogP contribution in [0.4, 0.5) is 5.69 Å². The van der Waals surface area contributed by atoms with Crippen LogP contribution in [0.25, 0.3) is 11.2 Å². The lowest BCUT2D eigenvalue weighted by Crippen LogP contribution is -2.30. The highest BCUT2D eigenvalue weighted by molar-refractivity contribution is 5.92. The monoisotopic (exact) mass is 342 g/mol. The number of hydrogen-bond acceptors (Lipinski definition) is 4. The van der Waals surface area contributed by atoms with Crippen molar-refractivity contribution >= 4 is 22.8 Å². The highest BCUT2D eigenvalue weighted by Crippen LogP contribution is 2.19. The van der Waals surface area contributed by atoms with Crippen molar-refractivity contribution < 1.29 is 4.79 Å². The zero-order valence-electron chi connectivity index (χ0n) is 15.1. The molecule has 0 unspecified atom stereocenters. The highest BCUT2D eigenvalue weighted by Gasteiger charge is 2.19. The lowest BCUT2D eigenvalue weighted by molar-refractivity contribution is -0.116. The minimum absolute atomic E-state index is 0.0444. The lowest BCUT2D eigenvalue weighted by Gasteiger charge is -2.07. The van der Waals surface area contributed by atoms with Crippen molar-refractivity contribution in [1.29, 1.82) is 0 Å². The zero-order valence-corrected chi connectivity index (χ0v) is 15.1. The van der Waals surface area contributed by atoms with Crippen molar-refractivity contribution in [2.75, 3.05) is 5.32 Å². The third-order valence-electron chi connectivity index (χ3n) is 4.31. The van der Waals surface area contributed by atoms with Crippen LogP contribution in [0.3, 0.4) is 0 Å². The molecule has 0 radical (unpaired) electrons. The Labute approximate surface area is 145 Å². The third-order valence-corrected chi connectivity index (χ3v) is 4.31. The number of rotatable bonds is 4. The van der Waals surface area contributed by atoms with Crippen molar-refractivity contribution in [2.45, 2.75) is 40.3 Å². The summed E-state index contributed by atoms with van der Waals surface area (Å²) in [5.41, 5.74) is 3.29. The number of carbonyl (C=O) groups is 1. The predicted octanol–water partition coefficient (Wildman–Crippen LogP) is 1.77. The van der Waals surface area contributed by atoms with E-state index in [9.17, 15) is 9.59 Å². The predicted molar refractivity (Wildman–Crippen MR) is 95.7 cm³/mol. The number of imidazole rings is 1. The van der Waals surface area contributed by atoms with E-state index in [1.54, 1.807) is 27.6 Å². The van der Waals surface area contributed by atoms with Gasteiger partial charge in [0.15, 0.2) is 5.65 Å². The first kappa shape index (κ1) is 16.9. The van der Waals surface area contributed by atoms with Gasteiger partial charge in [0.1, 0.15) is 6.54 Å². The number of aromatic nitrogens is 5. The molecule has 8 heteroatoms. The Morgan fingerprint density at radius 3 is 2.64 bits per heavy atom. The smallest absolute Gasteiger partial charge is 0.321 e. The van der Waals surface area contributed by atoms with Crippen LogP contribution in [0.1, 0.15) is 31.3 Å². The van der Waals surface area contributed by atoms with E-state index in [0.29, 0.717) is 16.9 Å². The molecule has 132 valence electrons. The molecule has 3 aromatic heterocycles. The summed E-state index contributed by atoms with van der Waals surface area (Å²) >= 11 is 0. The zero-order chi connectivity index (χ0) is 18.3. The van der Waals surface area contributed by atoms with Crippen molar-refractivity contribution in [2.24, 2.45) is 7.05 Å². The van der Waals surface area contributed by atoms with Gasteiger partial charge in [0.05, 0.1) is 22.6 Å². The Bertz CT molecular complexity index is 1010. The van der Waals surface area contributed by atoms with Crippen LogP contribution in [0, 0.1) is 13.8 Å². The fraction of sp³-hybridized carbons (Fsp3) is 0.412. The number of hydrogen-bond donors (Lipinski definition) is 1. The third kappa shape index (κ3) is 2.84. The normalized spacial score (nSPS) is 11.4. The summed E-state index contributed by atoms with van der Waals surface area (Å²) in [7, 11) is 1.82. The molecule has 0 saturated carbocycles. The summed E-state index contributed by atoms with van der Waals surface area (Å²) in [6, 6.07) is 3.52. The maximum absolute atomic E-state index is 12.7. The Hall–Kier alpha value is -2.90. The summed E-state index contributed by atoms with van der Waals surface area (Å²) in [6.45, 7) is 7.48. The van der Waals surface area contributed by atoms with E-state index < -0.39 is 0 Å². The second-order valence-electron chi connectivity index (χ2n) is 6.40. The molecule has 1 N–H and O–H groups in total. The van der Waals surface area contributed by atoms with E-state index >= 15 is 0 Å². The van der Waals surface area contributed by atoms with E-state index in [1.807, 2.05) is 34.7 Å². The van der Waals surface area contributed by atoms with Gasteiger partial charge in [0.25, 0.3) is 0 Å². The Morgan fingerprint density at radius 2 is 2.04 bits per heavy atom. The Morgan fingerprint density at radius 1 is 1.32 bits per heavy atom. The number of pyridine rings is 1. The number of nitrogens with one attached hydrogen (secondary N) is 1. The molecule has 0 fully saturated rings. The molecule has 8 nitrogen and oxygen atoms in total. The van der Waals surface area contributed by atoms with Gasteiger partial charge in [-0.1, -0.05) is 0 Å². The molecule has 25 heavy (non-hydrogen) atoms. The van der Waals surface area contributed by atoms with E-state index in [1.165, 1.54) is 4.57 Å². The van der Waals surface area contributed by atoms with Crippen molar-refractivity contribution in [3.05, 3.63) is 40.2 Å². The molecular weight excluding hydrogens is 320 g/mol. The number of carbonyl (C=O) groups excluding carboxylic acids is 1. The van der Waals surface area contributed by atoms with E-state index in [4.69, 9.17) is 0 Å². The fourth-order valence-electron chi connectivity index (χ4n) is 3.00. The van der Waals surface area contributed by atoms with Crippen LogP contribution < -0.4 is 11.0 Å². The van der Waals surface area contributed by atoms with Gasteiger partial charge in [-0.15, -0.1) is 0 Å². The average Bonchev–Trinajstić information content (AvgIpc) is 2.96. The molecule has 0 bridgehead atoms. The van der Waals surface area contributed by atoms with Gasteiger partial charge in [0.2, 0.25) is 5.91 Å². The van der Waals surface area contributed by atoms with E-state index in [-0.39, 0.29) is 24.2 Å². The Balaban J connectivity index is 1.97. The van der Waals surface area contributed by atoms with Gasteiger partial charge in [-0.3, -0.25) is 18.6 Å². The minimum Gasteiger partial charge on any atom is -0.321 e. The summed E-state index contributed by atoms with van der Waals surface area (Å²) < 4.78 is 4.77. The molecule has 0 aromatic carbocycles. The maximum atomic E-state index is 12.7. The highest BCUT2D eigenvalue weighted by atomic mass is 16.2.